The van der Waals surface area contributed by atoms with E-state index >= 15 is 0 Å². The summed E-state index contributed by atoms with van der Waals surface area (Å²) in [5, 5.41) is 9.58. The highest BCUT2D eigenvalue weighted by Gasteiger charge is 2.26. The molecule has 0 spiro atoms. The molecule has 1 N–H and O–H groups in total. The standard InChI is InChI=1S/C11H14N2O2S/c1-8-7-16-6-5-13(8)11(15)10-9(14)3-2-4-12-10/h2-4,8,14H,5-7H2,1H3. The van der Waals surface area contributed by atoms with E-state index in [1.807, 2.05) is 18.7 Å². The highest BCUT2D eigenvalue weighted by atomic mass is 32.2. The predicted molar refractivity (Wildman–Crippen MR) is 63.7 cm³/mol. The Hall–Kier alpha value is -1.23. The van der Waals surface area contributed by atoms with Crippen molar-refractivity contribution in [3.63, 3.8) is 0 Å². The number of pyridine rings is 1. The average molecular weight is 238 g/mol. The van der Waals surface area contributed by atoms with Gasteiger partial charge < -0.3 is 10.0 Å². The third-order valence-electron chi connectivity index (χ3n) is 2.62. The quantitative estimate of drug-likeness (QED) is 0.802. The van der Waals surface area contributed by atoms with Crippen molar-refractivity contribution in [1.29, 1.82) is 0 Å². The van der Waals surface area contributed by atoms with Crippen molar-refractivity contribution in [1.82, 2.24) is 9.88 Å². The number of thioether (sulfide) groups is 1. The van der Waals surface area contributed by atoms with Crippen molar-refractivity contribution in [2.24, 2.45) is 0 Å². The van der Waals surface area contributed by atoms with Gasteiger partial charge in [0.05, 0.1) is 0 Å². The summed E-state index contributed by atoms with van der Waals surface area (Å²) in [4.78, 5) is 17.8. The van der Waals surface area contributed by atoms with Crippen LogP contribution >= 0.6 is 11.8 Å². The first kappa shape index (κ1) is 11.3. The second-order valence-corrected chi connectivity index (χ2v) is 4.94. The molecule has 1 amide bonds. The van der Waals surface area contributed by atoms with Crippen LogP contribution in [0.15, 0.2) is 18.3 Å². The molecule has 1 saturated heterocycles. The summed E-state index contributed by atoms with van der Waals surface area (Å²) in [7, 11) is 0. The topological polar surface area (TPSA) is 53.4 Å². The average Bonchev–Trinajstić information content (AvgIpc) is 2.29. The smallest absolute Gasteiger partial charge is 0.276 e. The zero-order valence-electron chi connectivity index (χ0n) is 9.09. The van der Waals surface area contributed by atoms with E-state index in [0.29, 0.717) is 0 Å². The molecular weight excluding hydrogens is 224 g/mol. The van der Waals surface area contributed by atoms with Crippen LogP contribution in [0.5, 0.6) is 5.75 Å². The minimum absolute atomic E-state index is 0.0436. The Kier molecular flexibility index (Phi) is 3.33. The van der Waals surface area contributed by atoms with Gasteiger partial charge in [0.2, 0.25) is 0 Å². The molecule has 1 aromatic heterocycles. The van der Waals surface area contributed by atoms with Crippen molar-refractivity contribution < 1.29 is 9.90 Å². The van der Waals surface area contributed by atoms with Crippen molar-refractivity contribution in [3.05, 3.63) is 24.0 Å². The maximum Gasteiger partial charge on any atom is 0.276 e. The summed E-state index contributed by atoms with van der Waals surface area (Å²) < 4.78 is 0. The Labute approximate surface area is 98.7 Å². The van der Waals surface area contributed by atoms with Gasteiger partial charge in [0.15, 0.2) is 5.69 Å². The molecule has 0 saturated carbocycles. The number of nitrogens with zero attached hydrogens (tertiary/aromatic N) is 2. The summed E-state index contributed by atoms with van der Waals surface area (Å²) in [5.74, 6) is 1.67. The molecule has 86 valence electrons. The molecule has 4 nitrogen and oxygen atoms in total. The monoisotopic (exact) mass is 238 g/mol. The van der Waals surface area contributed by atoms with Crippen LogP contribution in [0.25, 0.3) is 0 Å². The number of carbonyl (C=O) groups excluding carboxylic acids is 1. The largest absolute Gasteiger partial charge is 0.505 e. The van der Waals surface area contributed by atoms with E-state index < -0.39 is 0 Å². The first-order valence-electron chi connectivity index (χ1n) is 5.23. The lowest BCUT2D eigenvalue weighted by molar-refractivity contribution is 0.0706. The summed E-state index contributed by atoms with van der Waals surface area (Å²) in [6, 6.07) is 3.30. The summed E-state index contributed by atoms with van der Waals surface area (Å²) in [6.45, 7) is 2.74. The SMILES string of the molecule is CC1CSCCN1C(=O)c1ncccc1O. The Morgan fingerprint density at radius 2 is 2.50 bits per heavy atom. The van der Waals surface area contributed by atoms with Gasteiger partial charge in [-0.25, -0.2) is 4.98 Å². The molecule has 1 unspecified atom stereocenters. The number of amides is 1. The summed E-state index contributed by atoms with van der Waals surface area (Å²) in [6.07, 6.45) is 1.52. The number of carbonyl (C=O) groups is 1. The van der Waals surface area contributed by atoms with E-state index in [-0.39, 0.29) is 23.4 Å². The predicted octanol–water partition coefficient (Wildman–Crippen LogP) is 1.36. The first-order chi connectivity index (χ1) is 7.70. The molecular formula is C11H14N2O2S. The van der Waals surface area contributed by atoms with Gasteiger partial charge >= 0.3 is 0 Å². The van der Waals surface area contributed by atoms with Gasteiger partial charge in [-0.1, -0.05) is 0 Å². The fourth-order valence-corrected chi connectivity index (χ4v) is 2.74. The maximum atomic E-state index is 12.1. The minimum atomic E-state index is -0.175. The van der Waals surface area contributed by atoms with E-state index in [1.165, 1.54) is 12.3 Å². The van der Waals surface area contributed by atoms with Gasteiger partial charge in [-0.05, 0) is 19.1 Å². The van der Waals surface area contributed by atoms with Crippen LogP contribution < -0.4 is 0 Å². The fraction of sp³-hybridized carbons (Fsp3) is 0.455. The Morgan fingerprint density at radius 3 is 3.19 bits per heavy atom. The molecule has 2 heterocycles. The Morgan fingerprint density at radius 1 is 1.69 bits per heavy atom. The van der Waals surface area contributed by atoms with Gasteiger partial charge in [-0.3, -0.25) is 4.79 Å². The lowest BCUT2D eigenvalue weighted by Gasteiger charge is -2.32. The van der Waals surface area contributed by atoms with Gasteiger partial charge in [-0.2, -0.15) is 11.8 Å². The van der Waals surface area contributed by atoms with E-state index in [9.17, 15) is 9.90 Å². The third-order valence-corrected chi connectivity index (χ3v) is 3.81. The molecule has 1 aliphatic heterocycles. The summed E-state index contributed by atoms with van der Waals surface area (Å²) >= 11 is 1.85. The second kappa shape index (κ2) is 4.74. The van der Waals surface area contributed by atoms with E-state index in [2.05, 4.69) is 4.98 Å². The third kappa shape index (κ3) is 2.14. The molecule has 1 atom stereocenters. The molecule has 0 bridgehead atoms. The van der Waals surface area contributed by atoms with Crippen LogP contribution in [-0.4, -0.2) is 45.0 Å². The molecule has 2 rings (SSSR count). The van der Waals surface area contributed by atoms with Crippen molar-refractivity contribution in [2.45, 2.75) is 13.0 Å². The van der Waals surface area contributed by atoms with Crippen molar-refractivity contribution in [3.8, 4) is 5.75 Å². The molecule has 0 radical (unpaired) electrons. The van der Waals surface area contributed by atoms with Crippen LogP contribution in [0.1, 0.15) is 17.4 Å². The molecule has 1 aliphatic rings. The number of aromatic nitrogens is 1. The lowest BCUT2D eigenvalue weighted by atomic mass is 10.2. The number of aromatic hydroxyl groups is 1. The molecule has 16 heavy (non-hydrogen) atoms. The van der Waals surface area contributed by atoms with Gasteiger partial charge in [-0.15, -0.1) is 0 Å². The number of hydrogen-bond donors (Lipinski definition) is 1. The minimum Gasteiger partial charge on any atom is -0.505 e. The van der Waals surface area contributed by atoms with Crippen LogP contribution in [0.3, 0.4) is 0 Å². The van der Waals surface area contributed by atoms with Crippen LogP contribution in [0.4, 0.5) is 0 Å². The number of rotatable bonds is 1. The van der Waals surface area contributed by atoms with Crippen molar-refractivity contribution in [2.75, 3.05) is 18.1 Å². The summed E-state index contributed by atoms with van der Waals surface area (Å²) in [5.41, 5.74) is 0.154. The molecule has 1 aromatic rings. The van der Waals surface area contributed by atoms with Crippen LogP contribution in [-0.2, 0) is 0 Å². The zero-order chi connectivity index (χ0) is 11.5. The first-order valence-corrected chi connectivity index (χ1v) is 6.38. The molecule has 0 aromatic carbocycles. The van der Waals surface area contributed by atoms with Gasteiger partial charge in [0, 0.05) is 30.3 Å². The molecule has 5 heteroatoms. The fourth-order valence-electron chi connectivity index (χ4n) is 1.73. The molecule has 0 aliphatic carbocycles. The van der Waals surface area contributed by atoms with E-state index in [4.69, 9.17) is 0 Å². The highest BCUT2D eigenvalue weighted by molar-refractivity contribution is 7.99. The normalized spacial score (nSPS) is 20.8. The Bertz CT molecular complexity index is 397. The van der Waals surface area contributed by atoms with Crippen LogP contribution in [0, 0.1) is 0 Å². The van der Waals surface area contributed by atoms with E-state index in [1.54, 1.807) is 11.0 Å². The lowest BCUT2D eigenvalue weighted by Crippen LogP contribution is -2.44. The highest BCUT2D eigenvalue weighted by Crippen LogP contribution is 2.21. The van der Waals surface area contributed by atoms with E-state index in [0.717, 1.165) is 18.1 Å². The Balaban J connectivity index is 2.21. The zero-order valence-corrected chi connectivity index (χ0v) is 9.91. The van der Waals surface area contributed by atoms with Gasteiger partial charge in [0.1, 0.15) is 5.75 Å². The van der Waals surface area contributed by atoms with Gasteiger partial charge in [0.25, 0.3) is 5.91 Å². The second-order valence-electron chi connectivity index (χ2n) is 3.79. The molecule has 1 fully saturated rings. The van der Waals surface area contributed by atoms with Crippen LogP contribution in [0.2, 0.25) is 0 Å². The van der Waals surface area contributed by atoms with Crippen molar-refractivity contribution >= 4 is 17.7 Å². The maximum absolute atomic E-state index is 12.1. The number of hydrogen-bond acceptors (Lipinski definition) is 4.